The van der Waals surface area contributed by atoms with Crippen LogP contribution >= 0.6 is 23.2 Å². The van der Waals surface area contributed by atoms with E-state index in [1.165, 1.54) is 12.1 Å². The fourth-order valence-electron chi connectivity index (χ4n) is 4.18. The number of hydrogen-bond donors (Lipinski definition) is 0. The maximum absolute atomic E-state index is 13.7. The lowest BCUT2D eigenvalue weighted by molar-refractivity contribution is 0.0655. The molecule has 2 heterocycles. The second-order valence-electron chi connectivity index (χ2n) is 8.11. The van der Waals surface area contributed by atoms with Gasteiger partial charge < -0.3 is 0 Å². The van der Waals surface area contributed by atoms with Crippen LogP contribution in [0.1, 0.15) is 39.0 Å². The Balaban J connectivity index is 1.57. The van der Waals surface area contributed by atoms with Crippen LogP contribution in [0.4, 0.5) is 0 Å². The molecule has 35 heavy (non-hydrogen) atoms. The van der Waals surface area contributed by atoms with Crippen LogP contribution in [-0.4, -0.2) is 40.6 Å². The fraction of sp³-hybridized carbons (Fsp3) is 0.160. The van der Waals surface area contributed by atoms with Gasteiger partial charge >= 0.3 is 0 Å². The lowest BCUT2D eigenvalue weighted by Crippen LogP contribution is -2.32. The fourth-order valence-corrected chi connectivity index (χ4v) is 6.01. The standard InChI is InChI=1S/C25H19Cl2N3O4S/c1-2-15-7-9-16(10-8-15)35(33,34)30-22-14-20(27)19(26)13-21(22)28-23(30)11-12-29-24(31)17-5-3-4-6-18(17)25(29)32/h3-10,13-14H,2,11-12H2,1H3. The minimum atomic E-state index is -4.07. The first kappa shape index (κ1) is 23.5. The molecule has 1 aliphatic heterocycles. The third-order valence-corrected chi connectivity index (χ3v) is 8.51. The summed E-state index contributed by atoms with van der Waals surface area (Å²) in [6, 6.07) is 16.1. The number of carbonyl (C=O) groups is 2. The van der Waals surface area contributed by atoms with Gasteiger partial charge in [-0.1, -0.05) is 54.4 Å². The zero-order valence-corrected chi connectivity index (χ0v) is 20.9. The highest BCUT2D eigenvalue weighted by Crippen LogP contribution is 2.31. The quantitative estimate of drug-likeness (QED) is 0.330. The summed E-state index contributed by atoms with van der Waals surface area (Å²) < 4.78 is 28.6. The number of halogens is 2. The minimum absolute atomic E-state index is 0.0155. The summed E-state index contributed by atoms with van der Waals surface area (Å²) in [5.74, 6) is -0.677. The number of benzene rings is 3. The van der Waals surface area contributed by atoms with Crippen LogP contribution in [0.2, 0.25) is 10.0 Å². The van der Waals surface area contributed by atoms with Crippen molar-refractivity contribution in [2.24, 2.45) is 0 Å². The van der Waals surface area contributed by atoms with Crippen molar-refractivity contribution in [2.75, 3.05) is 6.54 Å². The SMILES string of the molecule is CCc1ccc(S(=O)(=O)n2c(CCN3C(=O)c4ccccc4C3=O)nc3cc(Cl)c(Cl)cc32)cc1. The first-order valence-corrected chi connectivity index (χ1v) is 13.1. The lowest BCUT2D eigenvalue weighted by Gasteiger charge is -2.15. The summed E-state index contributed by atoms with van der Waals surface area (Å²) >= 11 is 12.4. The Bertz CT molecular complexity index is 1580. The minimum Gasteiger partial charge on any atom is -0.274 e. The van der Waals surface area contributed by atoms with E-state index in [4.69, 9.17) is 23.2 Å². The number of rotatable bonds is 6. The number of carbonyl (C=O) groups excluding carboxylic acids is 2. The maximum atomic E-state index is 13.7. The first-order chi connectivity index (χ1) is 16.7. The molecule has 0 bridgehead atoms. The van der Waals surface area contributed by atoms with E-state index in [0.717, 1.165) is 20.9 Å². The Morgan fingerprint density at radius 2 is 1.49 bits per heavy atom. The van der Waals surface area contributed by atoms with Gasteiger partial charge in [0.25, 0.3) is 21.8 Å². The zero-order valence-electron chi connectivity index (χ0n) is 18.5. The van der Waals surface area contributed by atoms with Crippen LogP contribution in [0.3, 0.4) is 0 Å². The molecular weight excluding hydrogens is 509 g/mol. The summed E-state index contributed by atoms with van der Waals surface area (Å²) in [5.41, 5.74) is 2.25. The van der Waals surface area contributed by atoms with E-state index in [1.807, 2.05) is 6.92 Å². The van der Waals surface area contributed by atoms with E-state index in [0.29, 0.717) is 16.6 Å². The number of aryl methyl sites for hydroxylation is 1. The Kier molecular flexibility index (Phi) is 5.91. The predicted octanol–water partition coefficient (Wildman–Crippen LogP) is 4.98. The van der Waals surface area contributed by atoms with E-state index >= 15 is 0 Å². The molecule has 0 atom stereocenters. The Hall–Kier alpha value is -3.20. The molecule has 5 rings (SSSR count). The molecular formula is C25H19Cl2N3O4S. The third-order valence-electron chi connectivity index (χ3n) is 6.03. The Labute approximate surface area is 212 Å². The number of nitrogens with zero attached hydrogens (tertiary/aromatic N) is 3. The van der Waals surface area contributed by atoms with Crippen molar-refractivity contribution in [1.29, 1.82) is 0 Å². The summed E-state index contributed by atoms with van der Waals surface area (Å²) in [4.78, 5) is 31.2. The molecule has 0 N–H and O–H groups in total. The van der Waals surface area contributed by atoms with E-state index in [1.54, 1.807) is 48.5 Å². The molecule has 1 aromatic heterocycles. The van der Waals surface area contributed by atoms with Crippen LogP contribution in [-0.2, 0) is 22.9 Å². The second kappa shape index (κ2) is 8.78. The highest BCUT2D eigenvalue weighted by Gasteiger charge is 2.35. The third kappa shape index (κ3) is 3.91. The summed E-state index contributed by atoms with van der Waals surface area (Å²) in [5, 5.41) is 0.421. The maximum Gasteiger partial charge on any atom is 0.269 e. The zero-order chi connectivity index (χ0) is 24.9. The van der Waals surface area contributed by atoms with Gasteiger partial charge in [0.2, 0.25) is 0 Å². The molecule has 0 radical (unpaired) electrons. The molecule has 0 unspecified atom stereocenters. The molecule has 1 aliphatic rings. The Morgan fingerprint density at radius 1 is 0.886 bits per heavy atom. The predicted molar refractivity (Wildman–Crippen MR) is 134 cm³/mol. The lowest BCUT2D eigenvalue weighted by atomic mass is 10.1. The normalized spacial score (nSPS) is 13.6. The van der Waals surface area contributed by atoms with Gasteiger partial charge in [0.1, 0.15) is 5.82 Å². The van der Waals surface area contributed by atoms with Gasteiger partial charge in [0.15, 0.2) is 0 Å². The van der Waals surface area contributed by atoms with Gasteiger partial charge in [-0.3, -0.25) is 14.5 Å². The van der Waals surface area contributed by atoms with E-state index < -0.39 is 21.8 Å². The van der Waals surface area contributed by atoms with Crippen molar-refractivity contribution < 1.29 is 18.0 Å². The van der Waals surface area contributed by atoms with Gasteiger partial charge in [0.05, 0.1) is 37.1 Å². The smallest absolute Gasteiger partial charge is 0.269 e. The molecule has 0 saturated heterocycles. The Morgan fingerprint density at radius 3 is 2.09 bits per heavy atom. The summed E-state index contributed by atoms with van der Waals surface area (Å²) in [6.45, 7) is 1.94. The molecule has 0 spiro atoms. The molecule has 3 aromatic carbocycles. The van der Waals surface area contributed by atoms with Crippen LogP contribution in [0.15, 0.2) is 65.6 Å². The van der Waals surface area contributed by atoms with E-state index in [9.17, 15) is 18.0 Å². The number of fused-ring (bicyclic) bond motifs is 2. The van der Waals surface area contributed by atoms with Crippen molar-refractivity contribution in [2.45, 2.75) is 24.7 Å². The largest absolute Gasteiger partial charge is 0.274 e. The average molecular weight is 528 g/mol. The van der Waals surface area contributed by atoms with Crippen LogP contribution in [0.5, 0.6) is 0 Å². The van der Waals surface area contributed by atoms with Gasteiger partial charge in [-0.2, -0.15) is 0 Å². The molecule has 178 valence electrons. The molecule has 4 aromatic rings. The average Bonchev–Trinajstić information content (AvgIpc) is 3.32. The summed E-state index contributed by atoms with van der Waals surface area (Å²) in [6.07, 6.45) is 0.787. The van der Waals surface area contributed by atoms with Gasteiger partial charge in [-0.15, -0.1) is 0 Å². The van der Waals surface area contributed by atoms with Crippen LogP contribution in [0, 0.1) is 0 Å². The van der Waals surface area contributed by atoms with Crippen molar-refractivity contribution in [3.8, 4) is 0 Å². The number of imide groups is 1. The highest BCUT2D eigenvalue weighted by atomic mass is 35.5. The van der Waals surface area contributed by atoms with Crippen molar-refractivity contribution in [3.05, 3.63) is 93.2 Å². The van der Waals surface area contributed by atoms with Crippen molar-refractivity contribution in [3.63, 3.8) is 0 Å². The molecule has 0 saturated carbocycles. The molecule has 0 aliphatic carbocycles. The number of aromatic nitrogens is 2. The van der Waals surface area contributed by atoms with Gasteiger partial charge in [-0.05, 0) is 48.4 Å². The summed E-state index contributed by atoms with van der Waals surface area (Å²) in [7, 11) is -4.07. The number of amides is 2. The van der Waals surface area contributed by atoms with Crippen LogP contribution in [0.25, 0.3) is 11.0 Å². The molecule has 7 nitrogen and oxygen atoms in total. The number of hydrogen-bond acceptors (Lipinski definition) is 5. The van der Waals surface area contributed by atoms with E-state index in [2.05, 4.69) is 4.98 Å². The monoisotopic (exact) mass is 527 g/mol. The molecule has 2 amide bonds. The highest BCUT2D eigenvalue weighted by molar-refractivity contribution is 7.90. The van der Waals surface area contributed by atoms with Crippen molar-refractivity contribution in [1.82, 2.24) is 13.9 Å². The second-order valence-corrected chi connectivity index (χ2v) is 10.7. The molecule has 10 heteroatoms. The molecule has 0 fully saturated rings. The first-order valence-electron chi connectivity index (χ1n) is 10.9. The number of imidazole rings is 1. The van der Waals surface area contributed by atoms with Crippen molar-refractivity contribution >= 4 is 56.1 Å². The van der Waals surface area contributed by atoms with E-state index in [-0.39, 0.29) is 39.2 Å². The topological polar surface area (TPSA) is 89.3 Å². The van der Waals surface area contributed by atoms with Crippen LogP contribution < -0.4 is 0 Å². The van der Waals surface area contributed by atoms with Gasteiger partial charge in [-0.25, -0.2) is 17.4 Å². The van der Waals surface area contributed by atoms with Gasteiger partial charge in [0, 0.05) is 13.0 Å².